The van der Waals surface area contributed by atoms with Crippen LogP contribution in [0.5, 0.6) is 0 Å². The summed E-state index contributed by atoms with van der Waals surface area (Å²) in [6.07, 6.45) is 0. The SMILES string of the molecule is Cc1ccc(-c2noc([C@H](C)N3CCN(S(=O)(=O)c4ccc(C)c([N+](=O)[O-])c4)CC3)n2)cc1. The minimum Gasteiger partial charge on any atom is -0.337 e. The molecule has 0 amide bonds. The van der Waals surface area contributed by atoms with Crippen molar-refractivity contribution in [1.82, 2.24) is 19.3 Å². The molecule has 10 nitrogen and oxygen atoms in total. The molecule has 33 heavy (non-hydrogen) atoms. The zero-order valence-corrected chi connectivity index (χ0v) is 19.4. The molecule has 0 aliphatic carbocycles. The predicted molar refractivity (Wildman–Crippen MR) is 121 cm³/mol. The number of hydrogen-bond donors (Lipinski definition) is 0. The Balaban J connectivity index is 1.44. The minimum atomic E-state index is -3.83. The van der Waals surface area contributed by atoms with Crippen LogP contribution in [0, 0.1) is 24.0 Å². The summed E-state index contributed by atoms with van der Waals surface area (Å²) in [5, 5.41) is 15.3. The highest BCUT2D eigenvalue weighted by atomic mass is 32.2. The molecule has 0 N–H and O–H groups in total. The van der Waals surface area contributed by atoms with Crippen LogP contribution in [0.4, 0.5) is 5.69 Å². The van der Waals surface area contributed by atoms with Crippen molar-refractivity contribution in [3.05, 3.63) is 69.6 Å². The Morgan fingerprint density at radius 1 is 1.06 bits per heavy atom. The first kappa shape index (κ1) is 23.0. The lowest BCUT2D eigenvalue weighted by molar-refractivity contribution is -0.385. The van der Waals surface area contributed by atoms with Gasteiger partial charge >= 0.3 is 0 Å². The monoisotopic (exact) mass is 471 g/mol. The Bertz CT molecular complexity index is 1260. The highest BCUT2D eigenvalue weighted by Gasteiger charge is 2.33. The maximum Gasteiger partial charge on any atom is 0.273 e. The third kappa shape index (κ3) is 4.65. The van der Waals surface area contributed by atoms with Crippen molar-refractivity contribution in [3.8, 4) is 11.4 Å². The van der Waals surface area contributed by atoms with Crippen molar-refractivity contribution in [3.63, 3.8) is 0 Å². The molecule has 4 rings (SSSR count). The van der Waals surface area contributed by atoms with Gasteiger partial charge < -0.3 is 4.52 Å². The van der Waals surface area contributed by atoms with Gasteiger partial charge in [-0.1, -0.05) is 41.1 Å². The standard InChI is InChI=1S/C22H25N5O5S/c1-15-4-7-18(8-5-15)21-23-22(32-24-21)17(3)25-10-12-26(13-11-25)33(30,31)19-9-6-16(2)20(14-19)27(28)29/h4-9,14,17H,10-13H2,1-3H3/t17-/m0/s1. The average Bonchev–Trinajstić information content (AvgIpc) is 3.29. The largest absolute Gasteiger partial charge is 0.337 e. The maximum atomic E-state index is 13.0. The van der Waals surface area contributed by atoms with E-state index in [1.165, 1.54) is 16.4 Å². The molecule has 174 valence electrons. The molecule has 0 spiro atoms. The number of aryl methyl sites for hydroxylation is 2. The van der Waals surface area contributed by atoms with Crippen molar-refractivity contribution in [2.75, 3.05) is 26.2 Å². The lowest BCUT2D eigenvalue weighted by atomic mass is 10.1. The molecule has 1 saturated heterocycles. The van der Waals surface area contributed by atoms with E-state index < -0.39 is 14.9 Å². The summed E-state index contributed by atoms with van der Waals surface area (Å²) in [7, 11) is -3.83. The summed E-state index contributed by atoms with van der Waals surface area (Å²) in [5.74, 6) is 0.982. The summed E-state index contributed by atoms with van der Waals surface area (Å²) in [6, 6.07) is 11.7. The summed E-state index contributed by atoms with van der Waals surface area (Å²) in [5.41, 5.74) is 2.22. The fourth-order valence-corrected chi connectivity index (χ4v) is 5.25. The van der Waals surface area contributed by atoms with Crippen LogP contribution >= 0.6 is 0 Å². The van der Waals surface area contributed by atoms with Gasteiger partial charge in [0.2, 0.25) is 21.7 Å². The second-order valence-electron chi connectivity index (χ2n) is 8.14. The van der Waals surface area contributed by atoms with E-state index in [1.54, 1.807) is 6.92 Å². The highest BCUT2D eigenvalue weighted by molar-refractivity contribution is 7.89. The Morgan fingerprint density at radius 2 is 1.73 bits per heavy atom. The molecule has 1 atom stereocenters. The molecule has 2 heterocycles. The number of benzene rings is 2. The van der Waals surface area contributed by atoms with Gasteiger partial charge in [0.05, 0.1) is 15.9 Å². The topological polar surface area (TPSA) is 123 Å². The molecule has 1 aromatic heterocycles. The number of hydrogen-bond acceptors (Lipinski definition) is 8. The van der Waals surface area contributed by atoms with Crippen LogP contribution in [-0.4, -0.2) is 58.9 Å². The van der Waals surface area contributed by atoms with Gasteiger partial charge in [0, 0.05) is 43.4 Å². The molecule has 3 aromatic rings. The van der Waals surface area contributed by atoms with Crippen molar-refractivity contribution < 1.29 is 17.9 Å². The van der Waals surface area contributed by atoms with Gasteiger partial charge in [0.1, 0.15) is 0 Å². The van der Waals surface area contributed by atoms with Crippen molar-refractivity contribution in [1.29, 1.82) is 0 Å². The molecule has 0 saturated carbocycles. The van der Waals surface area contributed by atoms with Crippen LogP contribution in [0.2, 0.25) is 0 Å². The number of rotatable bonds is 6. The number of sulfonamides is 1. The van der Waals surface area contributed by atoms with E-state index >= 15 is 0 Å². The van der Waals surface area contributed by atoms with Crippen molar-refractivity contribution >= 4 is 15.7 Å². The van der Waals surface area contributed by atoms with Crippen LogP contribution in [0.1, 0.15) is 30.0 Å². The number of piperazine rings is 1. The molecule has 0 unspecified atom stereocenters. The molecule has 1 aliphatic heterocycles. The molecular formula is C22H25N5O5S. The maximum absolute atomic E-state index is 13.0. The fraction of sp³-hybridized carbons (Fsp3) is 0.364. The Kier molecular flexibility index (Phi) is 6.28. The number of nitro groups is 1. The molecule has 2 aromatic carbocycles. The van der Waals surface area contributed by atoms with Gasteiger partial charge in [0.15, 0.2) is 0 Å². The Morgan fingerprint density at radius 3 is 2.36 bits per heavy atom. The summed E-state index contributed by atoms with van der Waals surface area (Å²) < 4.78 is 32.9. The average molecular weight is 472 g/mol. The Hall–Kier alpha value is -3.15. The normalized spacial score (nSPS) is 16.6. The number of nitro benzene ring substituents is 1. The molecule has 1 aliphatic rings. The smallest absolute Gasteiger partial charge is 0.273 e. The van der Waals surface area contributed by atoms with E-state index in [9.17, 15) is 18.5 Å². The van der Waals surface area contributed by atoms with Gasteiger partial charge in [-0.05, 0) is 26.8 Å². The first-order valence-corrected chi connectivity index (χ1v) is 12.0. The molecule has 0 bridgehead atoms. The van der Waals surface area contributed by atoms with Crippen molar-refractivity contribution in [2.45, 2.75) is 31.7 Å². The van der Waals surface area contributed by atoms with E-state index in [2.05, 4.69) is 15.0 Å². The van der Waals surface area contributed by atoms with Crippen molar-refractivity contribution in [2.24, 2.45) is 0 Å². The molecule has 11 heteroatoms. The zero-order valence-electron chi connectivity index (χ0n) is 18.6. The first-order valence-electron chi connectivity index (χ1n) is 10.6. The fourth-order valence-electron chi connectivity index (χ4n) is 3.81. The minimum absolute atomic E-state index is 0.0686. The van der Waals surface area contributed by atoms with Gasteiger partial charge in [0.25, 0.3) is 5.69 Å². The summed E-state index contributed by atoms with van der Waals surface area (Å²) >= 11 is 0. The van der Waals surface area contributed by atoms with E-state index in [4.69, 9.17) is 4.52 Å². The van der Waals surface area contributed by atoms with E-state index in [1.807, 2.05) is 38.1 Å². The number of aromatic nitrogens is 2. The lowest BCUT2D eigenvalue weighted by Crippen LogP contribution is -2.49. The van der Waals surface area contributed by atoms with Gasteiger partial charge in [-0.3, -0.25) is 15.0 Å². The zero-order chi connectivity index (χ0) is 23.8. The van der Waals surface area contributed by atoms with E-state index in [0.717, 1.165) is 17.2 Å². The van der Waals surface area contributed by atoms with Gasteiger partial charge in [-0.15, -0.1) is 0 Å². The third-order valence-electron chi connectivity index (χ3n) is 5.94. The van der Waals surface area contributed by atoms with Gasteiger partial charge in [-0.2, -0.15) is 9.29 Å². The molecule has 0 radical (unpaired) electrons. The highest BCUT2D eigenvalue weighted by Crippen LogP contribution is 2.27. The summed E-state index contributed by atoms with van der Waals surface area (Å²) in [6.45, 7) is 6.98. The van der Waals surface area contributed by atoms with E-state index in [-0.39, 0.29) is 29.7 Å². The first-order chi connectivity index (χ1) is 15.7. The van der Waals surface area contributed by atoms with E-state index in [0.29, 0.717) is 30.4 Å². The van der Waals surface area contributed by atoms with Crippen LogP contribution in [0.25, 0.3) is 11.4 Å². The second-order valence-corrected chi connectivity index (χ2v) is 10.1. The predicted octanol–water partition coefficient (Wildman–Crippen LogP) is 3.33. The Labute approximate surface area is 192 Å². The van der Waals surface area contributed by atoms with Crippen LogP contribution in [0.15, 0.2) is 51.9 Å². The molecular weight excluding hydrogens is 446 g/mol. The van der Waals surface area contributed by atoms with Gasteiger partial charge in [-0.25, -0.2) is 8.42 Å². The molecule has 1 fully saturated rings. The summed E-state index contributed by atoms with van der Waals surface area (Å²) in [4.78, 5) is 17.2. The van der Waals surface area contributed by atoms with Crippen LogP contribution in [0.3, 0.4) is 0 Å². The second kappa shape index (κ2) is 9.00. The van der Waals surface area contributed by atoms with Crippen LogP contribution < -0.4 is 0 Å². The number of nitrogens with zero attached hydrogens (tertiary/aromatic N) is 5. The third-order valence-corrected chi connectivity index (χ3v) is 7.84. The quantitative estimate of drug-likeness (QED) is 0.396. The van der Waals surface area contributed by atoms with Crippen LogP contribution in [-0.2, 0) is 10.0 Å². The lowest BCUT2D eigenvalue weighted by Gasteiger charge is -2.36.